The zero-order valence-corrected chi connectivity index (χ0v) is 17.0. The molecule has 3 heterocycles. The second-order valence-corrected chi connectivity index (χ2v) is 7.25. The molecule has 4 aromatic rings. The smallest absolute Gasteiger partial charge is 0.332 e. The molecule has 1 aromatic carbocycles. The quantitative estimate of drug-likeness (QED) is 0.505. The van der Waals surface area contributed by atoms with Crippen molar-refractivity contribution in [3.05, 3.63) is 56.0 Å². The minimum Gasteiger partial charge on any atom is -0.495 e. The number of carbonyl (C=O) groups excluding carboxylic acids is 1. The molecule has 0 amide bonds. The van der Waals surface area contributed by atoms with Crippen molar-refractivity contribution in [2.24, 2.45) is 7.05 Å². The summed E-state index contributed by atoms with van der Waals surface area (Å²) in [5, 5.41) is 0.513. The van der Waals surface area contributed by atoms with Crippen LogP contribution in [0.5, 0.6) is 5.75 Å². The largest absolute Gasteiger partial charge is 0.495 e. The van der Waals surface area contributed by atoms with E-state index in [2.05, 4.69) is 4.98 Å². The highest BCUT2D eigenvalue weighted by Gasteiger charge is 2.22. The zero-order chi connectivity index (χ0) is 21.0. The molecule has 150 valence electrons. The number of imidazole rings is 2. The predicted molar refractivity (Wildman–Crippen MR) is 109 cm³/mol. The summed E-state index contributed by atoms with van der Waals surface area (Å²) in [6.07, 6.45) is 1.75. The number of aromatic nitrogens is 5. The lowest BCUT2D eigenvalue weighted by atomic mass is 10.3. The van der Waals surface area contributed by atoms with Gasteiger partial charge in [0.2, 0.25) is 5.78 Å². The first-order valence-corrected chi connectivity index (χ1v) is 9.15. The molecule has 3 aromatic heterocycles. The number of ether oxygens (including phenoxy) is 1. The minimum absolute atomic E-state index is 0.214. The second-order valence-electron chi connectivity index (χ2n) is 6.81. The van der Waals surface area contributed by atoms with Crippen LogP contribution in [0.4, 0.5) is 0 Å². The minimum atomic E-state index is -0.595. The summed E-state index contributed by atoms with van der Waals surface area (Å²) >= 11 is 6.19. The van der Waals surface area contributed by atoms with Gasteiger partial charge in [0.1, 0.15) is 11.5 Å². The van der Waals surface area contributed by atoms with Crippen LogP contribution < -0.4 is 16.0 Å². The fourth-order valence-corrected chi connectivity index (χ4v) is 3.67. The Kier molecular flexibility index (Phi) is 4.34. The number of fused-ring (bicyclic) bond motifs is 3. The number of aryl methyl sites for hydroxylation is 2. The molecule has 0 fully saturated rings. The maximum atomic E-state index is 13.0. The van der Waals surface area contributed by atoms with E-state index < -0.39 is 11.2 Å². The molecule has 0 radical (unpaired) electrons. The van der Waals surface area contributed by atoms with Gasteiger partial charge in [-0.15, -0.1) is 0 Å². The second kappa shape index (κ2) is 6.63. The summed E-state index contributed by atoms with van der Waals surface area (Å²) in [5.74, 6) is 0.706. The Balaban J connectivity index is 2.15. The molecule has 0 saturated heterocycles. The van der Waals surface area contributed by atoms with E-state index >= 15 is 0 Å². The molecular weight excluding hydrogens is 398 g/mol. The van der Waals surface area contributed by atoms with Gasteiger partial charge in [-0.1, -0.05) is 11.6 Å². The van der Waals surface area contributed by atoms with Gasteiger partial charge in [0.15, 0.2) is 11.2 Å². The number of hydrogen-bond donors (Lipinski definition) is 0. The van der Waals surface area contributed by atoms with E-state index in [0.29, 0.717) is 22.2 Å². The van der Waals surface area contributed by atoms with Crippen molar-refractivity contribution >= 4 is 34.3 Å². The highest BCUT2D eigenvalue weighted by molar-refractivity contribution is 6.30. The van der Waals surface area contributed by atoms with E-state index in [4.69, 9.17) is 16.3 Å². The third kappa shape index (κ3) is 2.77. The number of halogens is 1. The summed E-state index contributed by atoms with van der Waals surface area (Å²) in [5.41, 5.74) is 0.706. The molecule has 10 heteroatoms. The van der Waals surface area contributed by atoms with Crippen LogP contribution in [-0.2, 0) is 18.4 Å². The molecule has 4 rings (SSSR count). The van der Waals surface area contributed by atoms with Crippen molar-refractivity contribution < 1.29 is 9.53 Å². The molecule has 0 aliphatic carbocycles. The number of carbonyl (C=O) groups is 1. The molecular formula is C19H18ClN5O4. The highest BCUT2D eigenvalue weighted by atomic mass is 35.5. The molecule has 0 spiro atoms. The van der Waals surface area contributed by atoms with Gasteiger partial charge in [0, 0.05) is 24.0 Å². The molecule has 29 heavy (non-hydrogen) atoms. The number of nitrogens with zero attached hydrogens (tertiary/aromatic N) is 5. The Morgan fingerprint density at radius 2 is 2.00 bits per heavy atom. The first-order chi connectivity index (χ1) is 13.7. The number of Topliss-reactive ketones (excluding diaryl/α,β-unsaturated/α-hetero) is 1. The SMILES string of the molecule is COc1ccc(Cl)cc1-n1c(C)cn2c3c(=O)n(CC(C)=O)c(=O)n(C)c3nc12. The maximum Gasteiger partial charge on any atom is 0.332 e. The van der Waals surface area contributed by atoms with Crippen molar-refractivity contribution in [3.8, 4) is 11.4 Å². The third-order valence-corrected chi connectivity index (χ3v) is 5.02. The van der Waals surface area contributed by atoms with Gasteiger partial charge in [0.25, 0.3) is 5.56 Å². The summed E-state index contributed by atoms with van der Waals surface area (Å²) in [7, 11) is 3.07. The number of methoxy groups -OCH3 is 1. The first kappa shape index (κ1) is 19.0. The summed E-state index contributed by atoms with van der Waals surface area (Å²) < 4.78 is 11.1. The van der Waals surface area contributed by atoms with Gasteiger partial charge in [0.05, 0.1) is 19.3 Å². The zero-order valence-electron chi connectivity index (χ0n) is 16.3. The molecule has 0 aliphatic heterocycles. The van der Waals surface area contributed by atoms with Crippen molar-refractivity contribution in [3.63, 3.8) is 0 Å². The fourth-order valence-electron chi connectivity index (χ4n) is 3.51. The highest BCUT2D eigenvalue weighted by Crippen LogP contribution is 2.30. The summed E-state index contributed by atoms with van der Waals surface area (Å²) in [6, 6.07) is 5.19. The Labute approximate surface area is 169 Å². The standard InChI is InChI=1S/C19H18ClN5O4/c1-10-8-23-15-16(22(3)19(28)24(17(15)27)9-11(2)26)21-18(23)25(10)13-7-12(20)5-6-14(13)29-4/h5-8H,9H2,1-4H3. The Hall–Kier alpha value is -3.33. The number of ketones is 1. The average molecular weight is 416 g/mol. The van der Waals surface area contributed by atoms with Crippen LogP contribution in [0.1, 0.15) is 12.6 Å². The van der Waals surface area contributed by atoms with Crippen molar-refractivity contribution in [2.75, 3.05) is 7.11 Å². The maximum absolute atomic E-state index is 13.0. The van der Waals surface area contributed by atoms with E-state index in [1.54, 1.807) is 40.5 Å². The Bertz CT molecular complexity index is 1420. The topological polar surface area (TPSA) is 92.5 Å². The van der Waals surface area contributed by atoms with Crippen molar-refractivity contribution in [1.29, 1.82) is 0 Å². The van der Waals surface area contributed by atoms with Crippen molar-refractivity contribution in [1.82, 2.24) is 23.1 Å². The monoisotopic (exact) mass is 415 g/mol. The van der Waals surface area contributed by atoms with Gasteiger partial charge < -0.3 is 4.74 Å². The number of rotatable bonds is 4. The predicted octanol–water partition coefficient (Wildman–Crippen LogP) is 1.70. The average Bonchev–Trinajstić information content (AvgIpc) is 3.17. The van der Waals surface area contributed by atoms with Gasteiger partial charge >= 0.3 is 5.69 Å². The Morgan fingerprint density at radius 3 is 2.66 bits per heavy atom. The van der Waals surface area contributed by atoms with Crippen LogP contribution in [0.3, 0.4) is 0 Å². The van der Waals surface area contributed by atoms with Crippen LogP contribution in [0.15, 0.2) is 34.0 Å². The molecule has 0 bridgehead atoms. The first-order valence-electron chi connectivity index (χ1n) is 8.78. The van der Waals surface area contributed by atoms with Crippen molar-refractivity contribution in [2.45, 2.75) is 20.4 Å². The van der Waals surface area contributed by atoms with Crippen LogP contribution >= 0.6 is 11.6 Å². The molecule has 0 atom stereocenters. The molecule has 0 unspecified atom stereocenters. The van der Waals surface area contributed by atoms with Crippen LogP contribution in [0.25, 0.3) is 22.6 Å². The van der Waals surface area contributed by atoms with E-state index in [0.717, 1.165) is 10.3 Å². The van der Waals surface area contributed by atoms with E-state index in [9.17, 15) is 14.4 Å². The molecule has 9 nitrogen and oxygen atoms in total. The lowest BCUT2D eigenvalue weighted by Gasteiger charge is -2.11. The molecule has 0 N–H and O–H groups in total. The van der Waals surface area contributed by atoms with Gasteiger partial charge in [-0.3, -0.25) is 27.7 Å². The molecule has 0 aliphatic rings. The number of benzene rings is 1. The van der Waals surface area contributed by atoms with E-state index in [-0.39, 0.29) is 23.5 Å². The third-order valence-electron chi connectivity index (χ3n) is 4.79. The van der Waals surface area contributed by atoms with Gasteiger partial charge in [-0.25, -0.2) is 4.79 Å². The fraction of sp³-hybridized carbons (Fsp3) is 0.263. The number of hydrogen-bond acceptors (Lipinski definition) is 5. The lowest BCUT2D eigenvalue weighted by Crippen LogP contribution is -2.40. The Morgan fingerprint density at radius 1 is 1.28 bits per heavy atom. The van der Waals surface area contributed by atoms with Gasteiger partial charge in [-0.05, 0) is 32.0 Å². The van der Waals surface area contributed by atoms with Crippen LogP contribution in [0.2, 0.25) is 5.02 Å². The van der Waals surface area contributed by atoms with E-state index in [1.807, 2.05) is 6.92 Å². The summed E-state index contributed by atoms with van der Waals surface area (Å²) in [6.45, 7) is 2.89. The van der Waals surface area contributed by atoms with E-state index in [1.165, 1.54) is 18.5 Å². The lowest BCUT2D eigenvalue weighted by molar-refractivity contribution is -0.117. The van der Waals surface area contributed by atoms with Gasteiger partial charge in [-0.2, -0.15) is 4.98 Å². The summed E-state index contributed by atoms with van der Waals surface area (Å²) in [4.78, 5) is 41.7. The molecule has 0 saturated carbocycles. The van der Waals surface area contributed by atoms with Crippen LogP contribution in [-0.4, -0.2) is 36.0 Å². The normalized spacial score (nSPS) is 11.5. The van der Waals surface area contributed by atoms with Crippen LogP contribution in [0, 0.1) is 6.92 Å².